The maximum Gasteiger partial charge on any atom is 0.128 e. The van der Waals surface area contributed by atoms with Crippen LogP contribution in [0.5, 0.6) is 0 Å². The summed E-state index contributed by atoms with van der Waals surface area (Å²) in [6.45, 7) is 0. The molecule has 6 heteroatoms. The second-order valence-electron chi connectivity index (χ2n) is 5.40. The first-order valence-electron chi connectivity index (χ1n) is 7.57. The van der Waals surface area contributed by atoms with Gasteiger partial charge in [-0.3, -0.25) is 0 Å². The van der Waals surface area contributed by atoms with Crippen molar-refractivity contribution >= 4 is 44.9 Å². The van der Waals surface area contributed by atoms with Crippen molar-refractivity contribution in [2.75, 3.05) is 0 Å². The number of thiophene rings is 1. The highest BCUT2D eigenvalue weighted by molar-refractivity contribution is 7.98. The summed E-state index contributed by atoms with van der Waals surface area (Å²) in [7, 11) is 0. The smallest absolute Gasteiger partial charge is 0.128 e. The van der Waals surface area contributed by atoms with Gasteiger partial charge >= 0.3 is 0 Å². The molecule has 0 saturated heterocycles. The Morgan fingerprint density at radius 1 is 1.04 bits per heavy atom. The van der Waals surface area contributed by atoms with Crippen LogP contribution >= 0.6 is 34.7 Å². The summed E-state index contributed by atoms with van der Waals surface area (Å²) in [4.78, 5) is 9.74. The fourth-order valence-electron chi connectivity index (χ4n) is 2.56. The van der Waals surface area contributed by atoms with Crippen LogP contribution in [0.4, 0.5) is 4.39 Å². The molecule has 25 heavy (non-hydrogen) atoms. The Labute approximate surface area is 157 Å². The minimum atomic E-state index is -0.191. The highest BCUT2D eigenvalue weighted by Gasteiger charge is 2.14. The fraction of sp³-hybridized carbons (Fsp3) is 0.0526. The molecule has 0 unspecified atom stereocenters. The molecule has 0 aliphatic rings. The number of rotatable bonds is 4. The van der Waals surface area contributed by atoms with Crippen molar-refractivity contribution in [3.63, 3.8) is 0 Å². The highest BCUT2D eigenvalue weighted by atomic mass is 35.5. The van der Waals surface area contributed by atoms with E-state index in [1.807, 2.05) is 30.3 Å². The van der Waals surface area contributed by atoms with E-state index in [1.54, 1.807) is 29.8 Å². The SMILES string of the molecule is Fc1ccccc1CSc1ncnc2scc(-c3ccc(Cl)cc3)c12. The van der Waals surface area contributed by atoms with Gasteiger partial charge in [-0.25, -0.2) is 14.4 Å². The van der Waals surface area contributed by atoms with E-state index in [0.29, 0.717) is 16.3 Å². The fourth-order valence-corrected chi connectivity index (χ4v) is 4.67. The predicted octanol–water partition coefficient (Wildman–Crippen LogP) is 6.44. The summed E-state index contributed by atoms with van der Waals surface area (Å²) in [5.74, 6) is 0.331. The quantitative estimate of drug-likeness (QED) is 0.298. The largest absolute Gasteiger partial charge is 0.229 e. The summed E-state index contributed by atoms with van der Waals surface area (Å²) >= 11 is 9.10. The van der Waals surface area contributed by atoms with Gasteiger partial charge < -0.3 is 0 Å². The van der Waals surface area contributed by atoms with Gasteiger partial charge in [-0.05, 0) is 29.3 Å². The van der Waals surface area contributed by atoms with Crippen LogP contribution in [0.2, 0.25) is 5.02 Å². The average molecular weight is 387 g/mol. The van der Waals surface area contributed by atoms with Crippen molar-refractivity contribution in [3.8, 4) is 11.1 Å². The molecule has 2 heterocycles. The average Bonchev–Trinajstić information content (AvgIpc) is 3.06. The summed E-state index contributed by atoms with van der Waals surface area (Å²) in [6.07, 6.45) is 1.56. The molecule has 4 rings (SSSR count). The lowest BCUT2D eigenvalue weighted by Gasteiger charge is -2.06. The predicted molar refractivity (Wildman–Crippen MR) is 104 cm³/mol. The molecule has 2 nitrogen and oxygen atoms in total. The van der Waals surface area contributed by atoms with Gasteiger partial charge in [-0.1, -0.05) is 41.9 Å². The van der Waals surface area contributed by atoms with Gasteiger partial charge in [0, 0.05) is 21.7 Å². The molecule has 0 N–H and O–H groups in total. The molecular weight excluding hydrogens is 375 g/mol. The van der Waals surface area contributed by atoms with E-state index in [1.165, 1.54) is 17.8 Å². The van der Waals surface area contributed by atoms with Crippen LogP contribution < -0.4 is 0 Å². The minimum Gasteiger partial charge on any atom is -0.229 e. The molecule has 0 fully saturated rings. The van der Waals surface area contributed by atoms with Crippen LogP contribution in [0, 0.1) is 5.82 Å². The number of benzene rings is 2. The zero-order valence-electron chi connectivity index (χ0n) is 12.9. The van der Waals surface area contributed by atoms with Gasteiger partial charge in [0.2, 0.25) is 0 Å². The molecule has 0 aliphatic carbocycles. The van der Waals surface area contributed by atoms with Gasteiger partial charge in [-0.2, -0.15) is 0 Å². The Morgan fingerprint density at radius 2 is 1.84 bits per heavy atom. The van der Waals surface area contributed by atoms with E-state index < -0.39 is 0 Å². The van der Waals surface area contributed by atoms with Crippen LogP contribution in [-0.4, -0.2) is 9.97 Å². The molecule has 0 amide bonds. The maximum absolute atomic E-state index is 13.9. The van der Waals surface area contributed by atoms with Crippen molar-refractivity contribution < 1.29 is 4.39 Å². The topological polar surface area (TPSA) is 25.8 Å². The van der Waals surface area contributed by atoms with E-state index in [2.05, 4.69) is 15.3 Å². The first kappa shape index (κ1) is 16.5. The van der Waals surface area contributed by atoms with Gasteiger partial charge in [0.15, 0.2) is 0 Å². The van der Waals surface area contributed by atoms with Crippen molar-refractivity contribution in [2.24, 2.45) is 0 Å². The zero-order chi connectivity index (χ0) is 17.2. The van der Waals surface area contributed by atoms with E-state index in [4.69, 9.17) is 11.6 Å². The maximum atomic E-state index is 13.9. The molecule has 4 aromatic rings. The normalized spacial score (nSPS) is 11.1. The van der Waals surface area contributed by atoms with E-state index in [9.17, 15) is 4.39 Å². The summed E-state index contributed by atoms with van der Waals surface area (Å²) in [6, 6.07) is 14.5. The zero-order valence-corrected chi connectivity index (χ0v) is 15.3. The highest BCUT2D eigenvalue weighted by Crippen LogP contribution is 2.39. The molecule has 2 aromatic carbocycles. The number of fused-ring (bicyclic) bond motifs is 1. The second kappa shape index (κ2) is 7.12. The Bertz CT molecular complexity index is 1030. The molecule has 0 saturated carbocycles. The van der Waals surface area contributed by atoms with Crippen molar-refractivity contribution in [1.82, 2.24) is 9.97 Å². The molecule has 2 aromatic heterocycles. The van der Waals surface area contributed by atoms with Crippen LogP contribution in [0.1, 0.15) is 5.56 Å². The number of hydrogen-bond acceptors (Lipinski definition) is 4. The van der Waals surface area contributed by atoms with Gasteiger partial charge in [0.1, 0.15) is 22.0 Å². The van der Waals surface area contributed by atoms with E-state index in [0.717, 1.165) is 26.4 Å². The first-order valence-corrected chi connectivity index (χ1v) is 9.81. The Balaban J connectivity index is 1.73. The number of halogens is 2. The molecule has 0 radical (unpaired) electrons. The first-order chi connectivity index (χ1) is 12.2. The summed E-state index contributed by atoms with van der Waals surface area (Å²) in [5.41, 5.74) is 2.81. The molecular formula is C19H12ClFN2S2. The molecule has 124 valence electrons. The summed E-state index contributed by atoms with van der Waals surface area (Å²) in [5, 5.41) is 4.65. The van der Waals surface area contributed by atoms with Crippen LogP contribution in [0.3, 0.4) is 0 Å². The Morgan fingerprint density at radius 3 is 2.64 bits per heavy atom. The van der Waals surface area contributed by atoms with Gasteiger partial charge in [0.25, 0.3) is 0 Å². The van der Waals surface area contributed by atoms with Crippen molar-refractivity contribution in [2.45, 2.75) is 10.8 Å². The standard InChI is InChI=1S/C19H12ClFN2S2/c20-14-7-5-12(6-8-14)15-10-25-19-17(15)18(22-11-23-19)24-9-13-3-1-2-4-16(13)21/h1-8,10-11H,9H2. The molecule has 0 spiro atoms. The summed E-state index contributed by atoms with van der Waals surface area (Å²) < 4.78 is 13.9. The number of hydrogen-bond donors (Lipinski definition) is 0. The Kier molecular flexibility index (Phi) is 4.70. The van der Waals surface area contributed by atoms with Gasteiger partial charge in [-0.15, -0.1) is 23.1 Å². The number of aromatic nitrogens is 2. The van der Waals surface area contributed by atoms with Crippen molar-refractivity contribution in [1.29, 1.82) is 0 Å². The van der Waals surface area contributed by atoms with Crippen LogP contribution in [0.15, 0.2) is 65.3 Å². The second-order valence-corrected chi connectivity index (χ2v) is 7.65. The number of thioether (sulfide) groups is 1. The number of nitrogens with zero attached hydrogens (tertiary/aromatic N) is 2. The third-order valence-corrected chi connectivity index (χ3v) is 5.99. The van der Waals surface area contributed by atoms with E-state index in [-0.39, 0.29) is 5.82 Å². The van der Waals surface area contributed by atoms with Gasteiger partial charge in [0.05, 0.1) is 5.39 Å². The molecule has 0 aliphatic heterocycles. The lowest BCUT2D eigenvalue weighted by molar-refractivity contribution is 0.617. The Hall–Kier alpha value is -1.95. The third kappa shape index (κ3) is 3.40. The monoisotopic (exact) mass is 386 g/mol. The lowest BCUT2D eigenvalue weighted by Crippen LogP contribution is -1.89. The van der Waals surface area contributed by atoms with E-state index >= 15 is 0 Å². The minimum absolute atomic E-state index is 0.191. The van der Waals surface area contributed by atoms with Crippen molar-refractivity contribution in [3.05, 3.63) is 76.6 Å². The third-order valence-electron chi connectivity index (χ3n) is 3.81. The van der Waals surface area contributed by atoms with Crippen LogP contribution in [0.25, 0.3) is 21.3 Å². The van der Waals surface area contributed by atoms with Crippen LogP contribution in [-0.2, 0) is 5.75 Å². The lowest BCUT2D eigenvalue weighted by atomic mass is 10.1. The molecule has 0 bridgehead atoms. The molecule has 0 atom stereocenters.